The lowest BCUT2D eigenvalue weighted by Gasteiger charge is -2.48. The summed E-state index contributed by atoms with van der Waals surface area (Å²) in [6.07, 6.45) is 1.91. The number of aliphatic hydroxyl groups excluding tert-OH is 2. The van der Waals surface area contributed by atoms with Gasteiger partial charge in [0, 0.05) is 29.0 Å². The lowest BCUT2D eigenvalue weighted by atomic mass is 9.58. The van der Waals surface area contributed by atoms with Gasteiger partial charge in [0.15, 0.2) is 17.1 Å². The van der Waals surface area contributed by atoms with E-state index < -0.39 is 86.7 Å². The summed E-state index contributed by atoms with van der Waals surface area (Å²) in [5.41, 5.74) is 0.141. The van der Waals surface area contributed by atoms with Crippen LogP contribution in [0.15, 0.2) is 28.7 Å². The average Bonchev–Trinajstić information content (AvgIpc) is 3.43. The Morgan fingerprint density at radius 2 is 1.88 bits per heavy atom. The van der Waals surface area contributed by atoms with Gasteiger partial charge in [0.25, 0.3) is 5.91 Å². The first-order valence-corrected chi connectivity index (χ1v) is 14.3. The second kappa shape index (κ2) is 11.3. The molecule has 42 heavy (non-hydrogen) atoms. The molecule has 1 aromatic carbocycles. The van der Waals surface area contributed by atoms with Crippen LogP contribution in [0, 0.1) is 17.7 Å². The molecule has 4 aliphatic rings. The van der Waals surface area contributed by atoms with Crippen LogP contribution in [0.2, 0.25) is 0 Å². The van der Waals surface area contributed by atoms with Gasteiger partial charge in [-0.15, -0.1) is 11.6 Å². The number of Topliss-reactive ketones (excluding diaryl/α,β-unsaturated/α-hetero) is 2. The molecule has 0 unspecified atom stereocenters. The van der Waals surface area contributed by atoms with Crippen LogP contribution in [0.25, 0.3) is 0 Å². The van der Waals surface area contributed by atoms with Gasteiger partial charge in [0.05, 0.1) is 23.8 Å². The average molecular weight is 607 g/mol. The number of carbonyl (C=O) groups excluding carboxylic acids is 4. The predicted molar refractivity (Wildman–Crippen MR) is 148 cm³/mol. The number of alkyl halides is 1. The first-order chi connectivity index (χ1) is 19.9. The first-order valence-electron chi connectivity index (χ1n) is 13.8. The zero-order valence-corrected chi connectivity index (χ0v) is 23.3. The number of phenolic OH excluding ortho intramolecular Hbond substituents is 1. The van der Waals surface area contributed by atoms with E-state index in [2.05, 4.69) is 10.6 Å². The summed E-state index contributed by atoms with van der Waals surface area (Å²) in [5, 5.41) is 50.3. The van der Waals surface area contributed by atoms with Gasteiger partial charge >= 0.3 is 0 Å². The molecule has 5 rings (SSSR count). The number of amides is 2. The third kappa shape index (κ3) is 4.74. The molecule has 0 bridgehead atoms. The molecular weight excluding hydrogens is 575 g/mol. The summed E-state index contributed by atoms with van der Waals surface area (Å²) in [7, 11) is 0. The SMILES string of the molecule is NC(=O)C1=C(O)[C@@H](NCCCCl)[C@@H]2C[C@@H]3Cc4c(F)cc(NC(=O)CN5CCCC5)c(O)c4C(=O)C3=C(O)[C@]2(O)C1=O. The Morgan fingerprint density at radius 1 is 1.19 bits per heavy atom. The molecule has 1 saturated heterocycles. The Balaban J connectivity index is 1.55. The first kappa shape index (κ1) is 30.0. The molecule has 3 aliphatic carbocycles. The number of rotatable bonds is 8. The van der Waals surface area contributed by atoms with Gasteiger partial charge in [-0.2, -0.15) is 0 Å². The summed E-state index contributed by atoms with van der Waals surface area (Å²) in [6.45, 7) is 1.66. The number of benzene rings is 1. The number of carbonyl (C=O) groups is 4. The number of fused-ring (bicyclic) bond motifs is 3. The molecule has 2 amide bonds. The third-order valence-electron chi connectivity index (χ3n) is 8.66. The molecule has 8 N–H and O–H groups in total. The smallest absolute Gasteiger partial charge is 0.255 e. The maximum atomic E-state index is 15.4. The number of nitrogens with zero attached hydrogens (tertiary/aromatic N) is 1. The van der Waals surface area contributed by atoms with Gasteiger partial charge in [0.2, 0.25) is 11.7 Å². The fourth-order valence-electron chi connectivity index (χ4n) is 6.69. The van der Waals surface area contributed by atoms with E-state index in [9.17, 15) is 39.6 Å². The van der Waals surface area contributed by atoms with E-state index in [1.807, 2.05) is 4.90 Å². The number of halogens is 2. The number of aliphatic hydroxyl groups is 3. The molecular formula is C28H32ClFN4O8. The Kier molecular flexibility index (Phi) is 8.05. The van der Waals surface area contributed by atoms with Crippen LogP contribution >= 0.6 is 11.6 Å². The molecule has 0 radical (unpaired) electrons. The number of hydrogen-bond donors (Lipinski definition) is 7. The maximum Gasteiger partial charge on any atom is 0.255 e. The summed E-state index contributed by atoms with van der Waals surface area (Å²) < 4.78 is 15.4. The zero-order valence-electron chi connectivity index (χ0n) is 22.6. The third-order valence-corrected chi connectivity index (χ3v) is 8.93. The van der Waals surface area contributed by atoms with E-state index in [4.69, 9.17) is 17.3 Å². The van der Waals surface area contributed by atoms with Gasteiger partial charge < -0.3 is 36.8 Å². The van der Waals surface area contributed by atoms with Crippen LogP contribution < -0.4 is 16.4 Å². The number of nitrogens with one attached hydrogen (secondary N) is 2. The fraction of sp³-hybridized carbons (Fsp3) is 0.500. The Hall–Kier alpha value is -3.52. The van der Waals surface area contributed by atoms with Gasteiger partial charge in [0.1, 0.15) is 22.9 Å². The summed E-state index contributed by atoms with van der Waals surface area (Å²) in [5.74, 6) is -9.61. The molecule has 0 spiro atoms. The van der Waals surface area contributed by atoms with Crippen molar-refractivity contribution in [2.75, 3.05) is 37.4 Å². The van der Waals surface area contributed by atoms with Crippen LogP contribution in [0.1, 0.15) is 41.6 Å². The minimum atomic E-state index is -2.83. The molecule has 0 saturated carbocycles. The Labute approximate surface area is 245 Å². The second-order valence-corrected chi connectivity index (χ2v) is 11.5. The monoisotopic (exact) mass is 606 g/mol. The molecule has 1 aliphatic heterocycles. The normalized spacial score (nSPS) is 27.5. The van der Waals surface area contributed by atoms with Crippen LogP contribution in [0.3, 0.4) is 0 Å². The second-order valence-electron chi connectivity index (χ2n) is 11.2. The highest BCUT2D eigenvalue weighted by atomic mass is 35.5. The highest BCUT2D eigenvalue weighted by Crippen LogP contribution is 2.52. The highest BCUT2D eigenvalue weighted by Gasteiger charge is 2.62. The predicted octanol–water partition coefficient (Wildman–Crippen LogP) is 0.951. The van der Waals surface area contributed by atoms with Crippen molar-refractivity contribution in [1.82, 2.24) is 10.2 Å². The number of anilines is 1. The van der Waals surface area contributed by atoms with Gasteiger partial charge in [-0.1, -0.05) is 0 Å². The van der Waals surface area contributed by atoms with Crippen molar-refractivity contribution in [3.63, 3.8) is 0 Å². The lowest BCUT2D eigenvalue weighted by Crippen LogP contribution is -2.64. The summed E-state index contributed by atoms with van der Waals surface area (Å²) in [4.78, 5) is 53.8. The van der Waals surface area contributed by atoms with E-state index in [1.54, 1.807) is 0 Å². The number of ketones is 2. The minimum Gasteiger partial charge on any atom is -0.510 e. The van der Waals surface area contributed by atoms with Gasteiger partial charge in [-0.3, -0.25) is 24.1 Å². The number of primary amides is 1. The van der Waals surface area contributed by atoms with E-state index in [1.165, 1.54) is 0 Å². The number of hydrogen-bond acceptors (Lipinski definition) is 10. The van der Waals surface area contributed by atoms with Crippen molar-refractivity contribution in [1.29, 1.82) is 0 Å². The number of phenols is 1. The van der Waals surface area contributed by atoms with Crippen molar-refractivity contribution in [3.05, 3.63) is 45.7 Å². The molecule has 1 fully saturated rings. The van der Waals surface area contributed by atoms with Crippen LogP contribution in [0.4, 0.5) is 10.1 Å². The molecule has 1 heterocycles. The van der Waals surface area contributed by atoms with E-state index in [0.717, 1.165) is 32.0 Å². The zero-order chi connectivity index (χ0) is 30.5. The van der Waals surface area contributed by atoms with Gasteiger partial charge in [-0.25, -0.2) is 4.39 Å². The number of allylic oxidation sites excluding steroid dienone is 1. The lowest BCUT2D eigenvalue weighted by molar-refractivity contribution is -0.146. The van der Waals surface area contributed by atoms with Crippen molar-refractivity contribution < 1.29 is 44.0 Å². The summed E-state index contributed by atoms with van der Waals surface area (Å²) in [6, 6.07) is -0.309. The fourth-order valence-corrected chi connectivity index (χ4v) is 6.82. The molecule has 14 heteroatoms. The summed E-state index contributed by atoms with van der Waals surface area (Å²) >= 11 is 5.75. The van der Waals surface area contributed by atoms with Crippen molar-refractivity contribution >= 4 is 40.7 Å². The van der Waals surface area contributed by atoms with Gasteiger partial charge in [-0.05, 0) is 57.7 Å². The van der Waals surface area contributed by atoms with E-state index in [0.29, 0.717) is 6.42 Å². The molecule has 4 atom stereocenters. The largest absolute Gasteiger partial charge is 0.510 e. The number of nitrogens with two attached hydrogens (primary N) is 1. The standard InChI is InChI=1S/C28H32ClFN4O8/c29-4-3-5-32-21-14-9-12-8-13-15(30)10-16(33-17(35)11-34-6-1-2-7-34)22(36)19(13)23(37)18(12)25(39)28(14,42)26(40)20(24(21)38)27(31)41/h10,12,14,21,32,36,38-39,42H,1-9,11H2,(H2,31,41)(H,33,35)/t12-,14-,21-,28-/m0/s1. The Bertz CT molecular complexity index is 1440. The van der Waals surface area contributed by atoms with Crippen molar-refractivity contribution in [3.8, 4) is 5.75 Å². The molecule has 12 nitrogen and oxygen atoms in total. The molecule has 1 aromatic rings. The van der Waals surface area contributed by atoms with Crippen LogP contribution in [0.5, 0.6) is 5.75 Å². The van der Waals surface area contributed by atoms with E-state index in [-0.39, 0.29) is 43.1 Å². The number of aromatic hydroxyl groups is 1. The molecule has 0 aromatic heterocycles. The topological polar surface area (TPSA) is 203 Å². The van der Waals surface area contributed by atoms with Crippen molar-refractivity contribution in [2.24, 2.45) is 17.6 Å². The van der Waals surface area contributed by atoms with Crippen LogP contribution in [-0.4, -0.2) is 92.4 Å². The Morgan fingerprint density at radius 3 is 2.52 bits per heavy atom. The van der Waals surface area contributed by atoms with Crippen molar-refractivity contribution in [2.45, 2.75) is 43.7 Å². The molecule has 226 valence electrons. The van der Waals surface area contributed by atoms with E-state index >= 15 is 4.39 Å². The quantitative estimate of drug-likeness (QED) is 0.0966. The maximum absolute atomic E-state index is 15.4. The highest BCUT2D eigenvalue weighted by molar-refractivity contribution is 6.25. The van der Waals surface area contributed by atoms with Crippen LogP contribution in [-0.2, 0) is 20.8 Å². The number of likely N-dealkylation sites (tertiary alicyclic amines) is 1. The minimum absolute atomic E-state index is 0.0132.